The Kier molecular flexibility index (Phi) is 5.26. The van der Waals surface area contributed by atoms with Gasteiger partial charge in [0.05, 0.1) is 22.4 Å². The van der Waals surface area contributed by atoms with Gasteiger partial charge in [0, 0.05) is 15.6 Å². The van der Waals surface area contributed by atoms with Crippen LogP contribution in [0.25, 0.3) is 0 Å². The molecule has 0 bridgehead atoms. The Morgan fingerprint density at radius 1 is 0.812 bits per heavy atom. The highest BCUT2D eigenvalue weighted by atomic mass is 35.5. The number of benzene rings is 3. The van der Waals surface area contributed by atoms with Gasteiger partial charge in [-0.3, -0.25) is 14.4 Å². The molecule has 32 heavy (non-hydrogen) atoms. The molecule has 2 aliphatic heterocycles. The van der Waals surface area contributed by atoms with Gasteiger partial charge in [0.15, 0.2) is 6.10 Å². The number of nitrogens with zero attached hydrogens (tertiary/aromatic N) is 2. The van der Waals surface area contributed by atoms with Crippen LogP contribution in [-0.4, -0.2) is 23.0 Å². The average molecular weight is 490 g/mol. The largest absolute Gasteiger partial charge is 0.506 e. The summed E-state index contributed by atoms with van der Waals surface area (Å²) in [6.07, 6.45) is -1.09. The molecular weight excluding hydrogens is 475 g/mol. The number of imide groups is 1. The van der Waals surface area contributed by atoms with Crippen molar-refractivity contribution in [2.75, 3.05) is 9.96 Å². The number of carbonyl (C=O) groups excluding carboxylic acids is 2. The fourth-order valence-corrected chi connectivity index (χ4v) is 4.90. The lowest BCUT2D eigenvalue weighted by Gasteiger charge is -2.29. The Hall–Kier alpha value is -2.77. The van der Waals surface area contributed by atoms with Gasteiger partial charge >= 0.3 is 0 Å². The van der Waals surface area contributed by atoms with E-state index in [1.165, 1.54) is 23.3 Å². The predicted octanol–water partition coefficient (Wildman–Crippen LogP) is 5.40. The SMILES string of the molecule is O=C1[C@H]2[C@@H](c3cc(Cl)cc(Cl)c3O)N(c3ccccc3)O[C@H]2C(=O)N1c1cccc(Cl)c1. The number of hydrogen-bond donors (Lipinski definition) is 1. The molecular formula is C23H15Cl3N2O4. The van der Waals surface area contributed by atoms with Crippen LogP contribution in [0.4, 0.5) is 11.4 Å². The van der Waals surface area contributed by atoms with E-state index in [4.69, 9.17) is 39.6 Å². The minimum atomic E-state index is -1.09. The van der Waals surface area contributed by atoms with E-state index in [1.807, 2.05) is 6.07 Å². The number of anilines is 2. The highest BCUT2D eigenvalue weighted by Gasteiger charge is 2.60. The third kappa shape index (κ3) is 3.31. The molecule has 1 N–H and O–H groups in total. The molecule has 0 aliphatic carbocycles. The van der Waals surface area contributed by atoms with Gasteiger partial charge in [0.2, 0.25) is 5.91 Å². The topological polar surface area (TPSA) is 70.1 Å². The zero-order chi connectivity index (χ0) is 22.6. The van der Waals surface area contributed by atoms with Crippen LogP contribution in [0.2, 0.25) is 15.1 Å². The molecule has 0 spiro atoms. The summed E-state index contributed by atoms with van der Waals surface area (Å²) >= 11 is 18.5. The summed E-state index contributed by atoms with van der Waals surface area (Å²) in [6.45, 7) is 0. The van der Waals surface area contributed by atoms with Gasteiger partial charge in [0.1, 0.15) is 11.7 Å². The van der Waals surface area contributed by atoms with Gasteiger partial charge in [-0.05, 0) is 42.5 Å². The zero-order valence-electron chi connectivity index (χ0n) is 16.3. The van der Waals surface area contributed by atoms with Crippen LogP contribution in [0, 0.1) is 5.92 Å². The number of hydrogen-bond acceptors (Lipinski definition) is 5. The first-order chi connectivity index (χ1) is 15.4. The lowest BCUT2D eigenvalue weighted by atomic mass is 9.90. The van der Waals surface area contributed by atoms with E-state index in [2.05, 4.69) is 0 Å². The predicted molar refractivity (Wildman–Crippen MR) is 122 cm³/mol. The van der Waals surface area contributed by atoms with E-state index in [0.29, 0.717) is 16.4 Å². The number of amides is 2. The van der Waals surface area contributed by atoms with Crippen LogP contribution in [0.1, 0.15) is 11.6 Å². The van der Waals surface area contributed by atoms with Crippen molar-refractivity contribution in [3.05, 3.63) is 87.4 Å². The van der Waals surface area contributed by atoms with Crippen LogP contribution in [-0.2, 0) is 14.4 Å². The number of hydroxylamine groups is 1. The monoisotopic (exact) mass is 488 g/mol. The molecule has 6 nitrogen and oxygen atoms in total. The van der Waals surface area contributed by atoms with Crippen LogP contribution in [0.15, 0.2) is 66.7 Å². The Morgan fingerprint density at radius 3 is 2.25 bits per heavy atom. The summed E-state index contributed by atoms with van der Waals surface area (Å²) < 4.78 is 0. The van der Waals surface area contributed by atoms with E-state index in [0.717, 1.165) is 4.90 Å². The Bertz CT molecular complexity index is 1240. The molecule has 3 aromatic carbocycles. The molecule has 0 saturated carbocycles. The Morgan fingerprint density at radius 2 is 1.53 bits per heavy atom. The molecule has 2 fully saturated rings. The first kappa shape index (κ1) is 21.1. The van der Waals surface area contributed by atoms with E-state index in [1.54, 1.807) is 42.5 Å². The molecule has 2 saturated heterocycles. The number of para-hydroxylation sites is 1. The summed E-state index contributed by atoms with van der Waals surface area (Å²) in [5, 5.41) is 12.9. The maximum Gasteiger partial charge on any atom is 0.266 e. The molecule has 0 radical (unpaired) electrons. The fraction of sp³-hybridized carbons (Fsp3) is 0.130. The first-order valence-electron chi connectivity index (χ1n) is 9.69. The molecule has 9 heteroatoms. The van der Waals surface area contributed by atoms with Gasteiger partial charge in [-0.1, -0.05) is 59.1 Å². The lowest BCUT2D eigenvalue weighted by molar-refractivity contribution is -0.126. The van der Waals surface area contributed by atoms with Crippen molar-refractivity contribution < 1.29 is 19.5 Å². The second-order valence-corrected chi connectivity index (χ2v) is 8.76. The van der Waals surface area contributed by atoms with E-state index in [-0.39, 0.29) is 21.4 Å². The molecule has 3 aromatic rings. The summed E-state index contributed by atoms with van der Waals surface area (Å²) in [5.41, 5.74) is 1.24. The van der Waals surface area contributed by atoms with Crippen LogP contribution >= 0.6 is 34.8 Å². The maximum absolute atomic E-state index is 13.6. The maximum atomic E-state index is 13.6. The van der Waals surface area contributed by atoms with Crippen molar-refractivity contribution in [2.45, 2.75) is 12.1 Å². The van der Waals surface area contributed by atoms with Crippen LogP contribution in [0.5, 0.6) is 5.75 Å². The van der Waals surface area contributed by atoms with E-state index in [9.17, 15) is 14.7 Å². The third-order valence-electron chi connectivity index (χ3n) is 5.57. The normalized spacial score (nSPS) is 22.5. The summed E-state index contributed by atoms with van der Waals surface area (Å²) in [4.78, 5) is 33.9. The first-order valence-corrected chi connectivity index (χ1v) is 10.8. The van der Waals surface area contributed by atoms with Crippen LogP contribution < -0.4 is 9.96 Å². The molecule has 5 rings (SSSR count). The molecule has 0 unspecified atom stereocenters. The third-order valence-corrected chi connectivity index (χ3v) is 6.31. The van der Waals surface area contributed by atoms with Gasteiger partial charge in [-0.2, -0.15) is 0 Å². The highest BCUT2D eigenvalue weighted by Crippen LogP contribution is 2.51. The van der Waals surface area contributed by atoms with Crippen molar-refractivity contribution in [1.82, 2.24) is 0 Å². The van der Waals surface area contributed by atoms with Crippen molar-refractivity contribution in [2.24, 2.45) is 5.92 Å². The quantitative estimate of drug-likeness (QED) is 0.499. The summed E-state index contributed by atoms with van der Waals surface area (Å²) in [6, 6.07) is 17.5. The minimum Gasteiger partial charge on any atom is -0.506 e. The smallest absolute Gasteiger partial charge is 0.266 e. The van der Waals surface area contributed by atoms with Crippen molar-refractivity contribution in [1.29, 1.82) is 0 Å². The van der Waals surface area contributed by atoms with Gasteiger partial charge in [-0.25, -0.2) is 9.96 Å². The van der Waals surface area contributed by atoms with Crippen molar-refractivity contribution in [3.8, 4) is 5.75 Å². The molecule has 2 aliphatic rings. The number of phenols is 1. The number of rotatable bonds is 3. The summed E-state index contributed by atoms with van der Waals surface area (Å²) in [5.74, 6) is -2.16. The van der Waals surface area contributed by atoms with Crippen molar-refractivity contribution >= 4 is 58.0 Å². The second-order valence-electron chi connectivity index (χ2n) is 7.48. The number of aromatic hydroxyl groups is 1. The molecule has 2 heterocycles. The Labute approximate surface area is 198 Å². The zero-order valence-corrected chi connectivity index (χ0v) is 18.6. The number of fused-ring (bicyclic) bond motifs is 1. The van der Waals surface area contributed by atoms with Crippen molar-refractivity contribution in [3.63, 3.8) is 0 Å². The molecule has 3 atom stereocenters. The van der Waals surface area contributed by atoms with Crippen LogP contribution in [0.3, 0.4) is 0 Å². The number of carbonyl (C=O) groups is 2. The number of phenolic OH excluding ortho intramolecular Hbond substituents is 1. The fourth-order valence-electron chi connectivity index (χ4n) is 4.21. The lowest BCUT2D eigenvalue weighted by Crippen LogP contribution is -2.37. The standard InChI is InChI=1S/C23H15Cl3N2O4/c24-12-5-4-8-15(9-12)27-22(30)18-19(16-10-13(25)11-17(26)20(16)29)28(32-21(18)23(27)31)14-6-2-1-3-7-14/h1-11,18-19,21,29H/t18-,19+,21+/m0/s1. The molecule has 0 aromatic heterocycles. The van der Waals surface area contributed by atoms with Gasteiger partial charge in [-0.15, -0.1) is 0 Å². The average Bonchev–Trinajstić information content (AvgIpc) is 3.27. The van der Waals surface area contributed by atoms with Gasteiger partial charge < -0.3 is 5.11 Å². The van der Waals surface area contributed by atoms with Gasteiger partial charge in [0.25, 0.3) is 5.91 Å². The molecule has 2 amide bonds. The minimum absolute atomic E-state index is 0.0347. The number of halogens is 3. The second kappa shape index (κ2) is 7.98. The highest BCUT2D eigenvalue weighted by molar-refractivity contribution is 6.35. The summed E-state index contributed by atoms with van der Waals surface area (Å²) in [7, 11) is 0. The van der Waals surface area contributed by atoms with E-state index >= 15 is 0 Å². The van der Waals surface area contributed by atoms with E-state index < -0.39 is 29.9 Å². The Balaban J connectivity index is 1.65. The molecule has 162 valence electrons.